The monoisotopic (exact) mass is 262 g/mol. The quantitative estimate of drug-likeness (QED) is 0.545. The zero-order chi connectivity index (χ0) is 13.4. The predicted molar refractivity (Wildman–Crippen MR) is 84.0 cm³/mol. The van der Waals surface area contributed by atoms with E-state index in [9.17, 15) is 0 Å². The van der Waals surface area contributed by atoms with Crippen LogP contribution >= 0.6 is 0 Å². The molecule has 0 saturated carbocycles. The minimum absolute atomic E-state index is 0.291. The van der Waals surface area contributed by atoms with Gasteiger partial charge >= 0.3 is 0 Å². The highest BCUT2D eigenvalue weighted by Crippen LogP contribution is 2.31. The minimum Gasteiger partial charge on any atom is -0.374 e. The van der Waals surface area contributed by atoms with Crippen LogP contribution < -0.4 is 0 Å². The van der Waals surface area contributed by atoms with Crippen molar-refractivity contribution in [1.82, 2.24) is 0 Å². The Morgan fingerprint density at radius 1 is 0.750 bits per heavy atom. The number of benzene rings is 3. The standard InChI is InChI=1S/C19H18O/c1-2-6-15-12-18-13-17(19-7-3-4-10-20-19)9-8-16(18)11-14(15)5-1/h1-2,5-6,8-9,11-13,19H,3-4,7,10H2. The molecule has 3 aromatic rings. The van der Waals surface area contributed by atoms with Crippen LogP contribution in [0.5, 0.6) is 0 Å². The third-order valence-electron chi connectivity index (χ3n) is 4.28. The Balaban J connectivity index is 1.83. The summed E-state index contributed by atoms with van der Waals surface area (Å²) in [7, 11) is 0. The van der Waals surface area contributed by atoms with Gasteiger partial charge in [0.15, 0.2) is 0 Å². The van der Waals surface area contributed by atoms with Crippen LogP contribution in [0.3, 0.4) is 0 Å². The van der Waals surface area contributed by atoms with Crippen molar-refractivity contribution in [3.63, 3.8) is 0 Å². The molecule has 1 heteroatoms. The normalized spacial score (nSPS) is 19.5. The SMILES string of the molecule is c1ccc2cc3cc(C4CCCCO4)ccc3cc2c1. The van der Waals surface area contributed by atoms with E-state index in [-0.39, 0.29) is 0 Å². The van der Waals surface area contributed by atoms with E-state index in [1.807, 2.05) is 0 Å². The average Bonchev–Trinajstić information content (AvgIpc) is 2.53. The maximum atomic E-state index is 5.90. The maximum Gasteiger partial charge on any atom is 0.0825 e. The molecule has 1 aliphatic rings. The van der Waals surface area contributed by atoms with Gasteiger partial charge in [0.1, 0.15) is 0 Å². The summed E-state index contributed by atoms with van der Waals surface area (Å²) < 4.78 is 5.90. The van der Waals surface area contributed by atoms with Crippen molar-refractivity contribution in [3.05, 3.63) is 60.2 Å². The van der Waals surface area contributed by atoms with Crippen molar-refractivity contribution in [2.45, 2.75) is 25.4 Å². The molecule has 3 aromatic carbocycles. The molecule has 1 nitrogen and oxygen atoms in total. The van der Waals surface area contributed by atoms with Gasteiger partial charge in [0.05, 0.1) is 6.10 Å². The Bertz CT molecular complexity index is 754. The van der Waals surface area contributed by atoms with Gasteiger partial charge in [-0.05, 0) is 64.6 Å². The molecule has 100 valence electrons. The van der Waals surface area contributed by atoms with Gasteiger partial charge in [-0.3, -0.25) is 0 Å². The van der Waals surface area contributed by atoms with Crippen molar-refractivity contribution >= 4 is 21.5 Å². The molecule has 0 spiro atoms. The maximum absolute atomic E-state index is 5.90. The molecule has 1 aliphatic heterocycles. The van der Waals surface area contributed by atoms with Crippen LogP contribution in [-0.4, -0.2) is 6.61 Å². The summed E-state index contributed by atoms with van der Waals surface area (Å²) in [6.45, 7) is 0.903. The molecular weight excluding hydrogens is 244 g/mol. The Morgan fingerprint density at radius 3 is 2.25 bits per heavy atom. The molecule has 20 heavy (non-hydrogen) atoms. The number of hydrogen-bond donors (Lipinski definition) is 0. The number of rotatable bonds is 1. The molecule has 0 N–H and O–H groups in total. The lowest BCUT2D eigenvalue weighted by molar-refractivity contribution is 0.0150. The first kappa shape index (κ1) is 11.9. The second-order valence-corrected chi connectivity index (χ2v) is 5.66. The van der Waals surface area contributed by atoms with Crippen molar-refractivity contribution in [2.24, 2.45) is 0 Å². The summed E-state index contributed by atoms with van der Waals surface area (Å²) in [6, 6.07) is 19.9. The molecule has 1 heterocycles. The first-order valence-corrected chi connectivity index (χ1v) is 7.44. The minimum atomic E-state index is 0.291. The fraction of sp³-hybridized carbons (Fsp3) is 0.263. The molecule has 1 fully saturated rings. The molecule has 0 aromatic heterocycles. The smallest absolute Gasteiger partial charge is 0.0825 e. The van der Waals surface area contributed by atoms with Crippen molar-refractivity contribution in [1.29, 1.82) is 0 Å². The summed E-state index contributed by atoms with van der Waals surface area (Å²) >= 11 is 0. The molecule has 0 bridgehead atoms. The molecule has 4 rings (SSSR count). The fourth-order valence-electron chi connectivity index (χ4n) is 3.16. The lowest BCUT2D eigenvalue weighted by Gasteiger charge is -2.23. The number of hydrogen-bond acceptors (Lipinski definition) is 1. The van der Waals surface area contributed by atoms with E-state index in [0.29, 0.717) is 6.10 Å². The Labute approximate surface area is 119 Å². The number of fused-ring (bicyclic) bond motifs is 2. The second kappa shape index (κ2) is 4.92. The Kier molecular flexibility index (Phi) is 2.93. The van der Waals surface area contributed by atoms with Crippen LogP contribution in [0.2, 0.25) is 0 Å². The third kappa shape index (κ3) is 2.08. The Hall–Kier alpha value is -1.86. The van der Waals surface area contributed by atoms with Gasteiger partial charge in [0, 0.05) is 6.61 Å². The van der Waals surface area contributed by atoms with Gasteiger partial charge < -0.3 is 4.74 Å². The van der Waals surface area contributed by atoms with E-state index in [1.165, 1.54) is 39.9 Å². The zero-order valence-corrected chi connectivity index (χ0v) is 11.5. The predicted octanol–water partition coefficient (Wildman–Crippen LogP) is 5.23. The van der Waals surface area contributed by atoms with Crippen molar-refractivity contribution in [2.75, 3.05) is 6.61 Å². The highest BCUT2D eigenvalue weighted by atomic mass is 16.5. The van der Waals surface area contributed by atoms with Crippen LogP contribution in [0.15, 0.2) is 54.6 Å². The second-order valence-electron chi connectivity index (χ2n) is 5.66. The van der Waals surface area contributed by atoms with E-state index in [2.05, 4.69) is 54.6 Å². The van der Waals surface area contributed by atoms with Crippen molar-refractivity contribution in [3.8, 4) is 0 Å². The molecular formula is C19H18O. The van der Waals surface area contributed by atoms with Gasteiger partial charge in [-0.1, -0.05) is 36.4 Å². The van der Waals surface area contributed by atoms with Gasteiger partial charge in [0.2, 0.25) is 0 Å². The summed E-state index contributed by atoms with van der Waals surface area (Å²) in [5.74, 6) is 0. The van der Waals surface area contributed by atoms with Gasteiger partial charge in [-0.2, -0.15) is 0 Å². The lowest BCUT2D eigenvalue weighted by atomic mass is 9.97. The van der Waals surface area contributed by atoms with E-state index in [4.69, 9.17) is 4.74 Å². The first-order valence-electron chi connectivity index (χ1n) is 7.44. The van der Waals surface area contributed by atoms with Gasteiger partial charge in [0.25, 0.3) is 0 Å². The molecule has 1 saturated heterocycles. The lowest BCUT2D eigenvalue weighted by Crippen LogP contribution is -2.11. The fourth-order valence-corrected chi connectivity index (χ4v) is 3.16. The zero-order valence-electron chi connectivity index (χ0n) is 11.5. The average molecular weight is 262 g/mol. The van der Waals surface area contributed by atoms with Crippen LogP contribution in [0.1, 0.15) is 30.9 Å². The van der Waals surface area contributed by atoms with Crippen LogP contribution in [-0.2, 0) is 4.74 Å². The molecule has 0 amide bonds. The third-order valence-corrected chi connectivity index (χ3v) is 4.28. The van der Waals surface area contributed by atoms with Gasteiger partial charge in [-0.15, -0.1) is 0 Å². The highest BCUT2D eigenvalue weighted by molar-refractivity contribution is 5.98. The van der Waals surface area contributed by atoms with Crippen molar-refractivity contribution < 1.29 is 4.74 Å². The van der Waals surface area contributed by atoms with E-state index >= 15 is 0 Å². The van der Waals surface area contributed by atoms with Crippen LogP contribution in [0.4, 0.5) is 0 Å². The first-order chi connectivity index (χ1) is 9.90. The summed E-state index contributed by atoms with van der Waals surface area (Å²) in [4.78, 5) is 0. The van der Waals surface area contributed by atoms with Gasteiger partial charge in [-0.25, -0.2) is 0 Å². The van der Waals surface area contributed by atoms with E-state index in [0.717, 1.165) is 13.0 Å². The van der Waals surface area contributed by atoms with E-state index in [1.54, 1.807) is 0 Å². The molecule has 0 radical (unpaired) electrons. The largest absolute Gasteiger partial charge is 0.374 e. The van der Waals surface area contributed by atoms with Crippen LogP contribution in [0, 0.1) is 0 Å². The number of ether oxygens (including phenoxy) is 1. The molecule has 1 atom stereocenters. The summed E-state index contributed by atoms with van der Waals surface area (Å²) in [5.41, 5.74) is 1.33. The van der Waals surface area contributed by atoms with E-state index < -0.39 is 0 Å². The molecule has 1 unspecified atom stereocenters. The summed E-state index contributed by atoms with van der Waals surface area (Å²) in [5, 5.41) is 5.24. The summed E-state index contributed by atoms with van der Waals surface area (Å²) in [6.07, 6.45) is 3.92. The highest BCUT2D eigenvalue weighted by Gasteiger charge is 2.16. The molecule has 0 aliphatic carbocycles. The Morgan fingerprint density at radius 2 is 1.50 bits per heavy atom. The van der Waals surface area contributed by atoms with Crippen LogP contribution in [0.25, 0.3) is 21.5 Å². The topological polar surface area (TPSA) is 9.23 Å².